The fourth-order valence-corrected chi connectivity index (χ4v) is 7.52. The number of nitrogens with one attached hydrogen (secondary N) is 1. The first-order chi connectivity index (χ1) is 19.2. The first-order valence-corrected chi connectivity index (χ1v) is 17.8. The van der Waals surface area contributed by atoms with Crippen molar-refractivity contribution in [1.82, 2.24) is 9.21 Å². The van der Waals surface area contributed by atoms with Crippen LogP contribution in [-0.2, 0) is 24.8 Å². The summed E-state index contributed by atoms with van der Waals surface area (Å²) in [6.45, 7) is 5.81. The van der Waals surface area contributed by atoms with E-state index >= 15 is 0 Å². The number of nitrogens with zero attached hydrogens (tertiary/aromatic N) is 2. The number of fused-ring (bicyclic) bond motifs is 1. The standard InChI is InChI=1S/C27H41N3O8S3/c1-19-16-30(20(2)18-31)27(32)23-15-22(28-40(5,33)34)11-12-24(23)38-21(3)9-6-7-13-37-25(19)17-29(4)41(35,36)26-10-8-14-39-26/h8,10-12,14-15,19-21,25,28,31H,6-7,9,13,16-18H2,1-5H3/t19-,20-,21-,25+/m0/s1. The summed E-state index contributed by atoms with van der Waals surface area (Å²) in [5.41, 5.74) is 0.369. The number of sulfonamides is 2. The lowest BCUT2D eigenvalue weighted by molar-refractivity contribution is -0.00832. The lowest BCUT2D eigenvalue weighted by atomic mass is 10.0. The predicted molar refractivity (Wildman–Crippen MR) is 159 cm³/mol. The molecule has 1 aliphatic rings. The number of carbonyl (C=O) groups is 1. The highest BCUT2D eigenvalue weighted by molar-refractivity contribution is 7.92. The lowest BCUT2D eigenvalue weighted by Gasteiger charge is -2.35. The average molecular weight is 632 g/mol. The fraction of sp³-hybridized carbons (Fsp3) is 0.593. The minimum atomic E-state index is -3.71. The molecule has 0 fully saturated rings. The Kier molecular flexibility index (Phi) is 11.6. The van der Waals surface area contributed by atoms with Crippen LogP contribution in [0, 0.1) is 5.92 Å². The van der Waals surface area contributed by atoms with Crippen molar-refractivity contribution in [2.75, 3.05) is 44.3 Å². The van der Waals surface area contributed by atoms with Gasteiger partial charge in [0, 0.05) is 38.3 Å². The van der Waals surface area contributed by atoms with Crippen molar-refractivity contribution in [1.29, 1.82) is 0 Å². The SMILES string of the molecule is C[C@H]1CCCCO[C@H](CN(C)S(=O)(=O)c2cccs2)[C@@H](C)CN([C@@H](C)CO)C(=O)c2cc(NS(C)(=O)=O)ccc2O1. The number of hydrogen-bond acceptors (Lipinski definition) is 9. The molecule has 0 unspecified atom stereocenters. The number of amides is 1. The second-order valence-electron chi connectivity index (χ2n) is 10.6. The van der Waals surface area contributed by atoms with E-state index in [1.165, 1.54) is 22.3 Å². The van der Waals surface area contributed by atoms with Crippen LogP contribution in [-0.4, -0.2) is 94.9 Å². The molecule has 0 aliphatic carbocycles. The summed E-state index contributed by atoms with van der Waals surface area (Å²) in [7, 11) is -5.79. The molecule has 41 heavy (non-hydrogen) atoms. The summed E-state index contributed by atoms with van der Waals surface area (Å²) in [5.74, 6) is -0.457. The van der Waals surface area contributed by atoms with E-state index in [-0.39, 0.29) is 47.2 Å². The predicted octanol–water partition coefficient (Wildman–Crippen LogP) is 3.24. The molecule has 3 rings (SSSR count). The van der Waals surface area contributed by atoms with Crippen LogP contribution in [0.1, 0.15) is 50.4 Å². The average Bonchev–Trinajstić information content (AvgIpc) is 3.45. The summed E-state index contributed by atoms with van der Waals surface area (Å²) in [6.07, 6.45) is 2.46. The Morgan fingerprint density at radius 3 is 2.56 bits per heavy atom. The van der Waals surface area contributed by atoms with Gasteiger partial charge in [0.05, 0.1) is 36.7 Å². The van der Waals surface area contributed by atoms with Crippen LogP contribution >= 0.6 is 11.3 Å². The van der Waals surface area contributed by atoms with Gasteiger partial charge in [0.15, 0.2) is 0 Å². The molecular weight excluding hydrogens is 591 g/mol. The number of rotatable bonds is 8. The van der Waals surface area contributed by atoms with Gasteiger partial charge in [-0.3, -0.25) is 9.52 Å². The first kappa shape index (κ1) is 33.3. The van der Waals surface area contributed by atoms with Crippen LogP contribution in [0.4, 0.5) is 5.69 Å². The minimum Gasteiger partial charge on any atom is -0.490 e. The van der Waals surface area contributed by atoms with Crippen molar-refractivity contribution in [3.05, 3.63) is 41.3 Å². The Morgan fingerprint density at radius 1 is 1.20 bits per heavy atom. The molecule has 14 heteroatoms. The molecule has 4 atom stereocenters. The highest BCUT2D eigenvalue weighted by atomic mass is 32.2. The number of anilines is 1. The molecule has 1 aromatic carbocycles. The number of thiophene rings is 1. The summed E-state index contributed by atoms with van der Waals surface area (Å²) >= 11 is 1.14. The van der Waals surface area contributed by atoms with E-state index < -0.39 is 38.1 Å². The Bertz CT molecular complexity index is 1370. The maximum Gasteiger partial charge on any atom is 0.258 e. The van der Waals surface area contributed by atoms with Gasteiger partial charge < -0.3 is 19.5 Å². The maximum atomic E-state index is 14.0. The highest BCUT2D eigenvalue weighted by Crippen LogP contribution is 2.29. The van der Waals surface area contributed by atoms with Crippen LogP contribution in [0.3, 0.4) is 0 Å². The third-order valence-electron chi connectivity index (χ3n) is 6.95. The van der Waals surface area contributed by atoms with Gasteiger partial charge in [-0.1, -0.05) is 13.0 Å². The molecule has 0 spiro atoms. The smallest absolute Gasteiger partial charge is 0.258 e. The van der Waals surface area contributed by atoms with E-state index in [2.05, 4.69) is 4.72 Å². The number of hydrogen-bond donors (Lipinski definition) is 2. The second kappa shape index (κ2) is 14.3. The van der Waals surface area contributed by atoms with E-state index in [0.29, 0.717) is 18.8 Å². The van der Waals surface area contributed by atoms with Crippen molar-refractivity contribution in [3.63, 3.8) is 0 Å². The molecule has 1 aromatic heterocycles. The molecule has 11 nitrogen and oxygen atoms in total. The van der Waals surface area contributed by atoms with Gasteiger partial charge in [0.25, 0.3) is 15.9 Å². The quantitative estimate of drug-likeness (QED) is 0.452. The van der Waals surface area contributed by atoms with Crippen molar-refractivity contribution in [2.45, 2.75) is 62.5 Å². The number of aliphatic hydroxyl groups excluding tert-OH is 1. The van der Waals surface area contributed by atoms with Crippen LogP contribution in [0.5, 0.6) is 5.75 Å². The third-order valence-corrected chi connectivity index (χ3v) is 10.8. The Morgan fingerprint density at radius 2 is 1.93 bits per heavy atom. The minimum absolute atomic E-state index is 0.0788. The lowest BCUT2D eigenvalue weighted by Crippen LogP contribution is -2.48. The molecule has 0 saturated heterocycles. The van der Waals surface area contributed by atoms with E-state index in [1.54, 1.807) is 36.6 Å². The van der Waals surface area contributed by atoms with Crippen LogP contribution < -0.4 is 9.46 Å². The highest BCUT2D eigenvalue weighted by Gasteiger charge is 2.32. The van der Waals surface area contributed by atoms with Gasteiger partial charge >= 0.3 is 0 Å². The Balaban J connectivity index is 1.98. The first-order valence-electron chi connectivity index (χ1n) is 13.5. The molecule has 2 heterocycles. The van der Waals surface area contributed by atoms with Crippen LogP contribution in [0.25, 0.3) is 0 Å². The molecule has 2 N–H and O–H groups in total. The van der Waals surface area contributed by atoms with Crippen molar-refractivity contribution in [3.8, 4) is 5.75 Å². The zero-order valence-electron chi connectivity index (χ0n) is 24.1. The Hall–Kier alpha value is -2.23. The molecule has 230 valence electrons. The van der Waals surface area contributed by atoms with Crippen molar-refractivity contribution >= 4 is 43.0 Å². The molecule has 0 bridgehead atoms. The van der Waals surface area contributed by atoms with Crippen LogP contribution in [0.15, 0.2) is 39.9 Å². The van der Waals surface area contributed by atoms with Gasteiger partial charge in [-0.2, -0.15) is 4.31 Å². The molecule has 2 aromatic rings. The van der Waals surface area contributed by atoms with E-state index in [4.69, 9.17) is 9.47 Å². The van der Waals surface area contributed by atoms with Gasteiger partial charge in [-0.15, -0.1) is 11.3 Å². The summed E-state index contributed by atoms with van der Waals surface area (Å²) < 4.78 is 66.3. The monoisotopic (exact) mass is 631 g/mol. The Labute approximate surface area is 247 Å². The molecule has 0 radical (unpaired) electrons. The third kappa shape index (κ3) is 9.13. The van der Waals surface area contributed by atoms with Gasteiger partial charge in [0.1, 0.15) is 9.96 Å². The van der Waals surface area contributed by atoms with E-state index in [1.807, 2.05) is 13.8 Å². The molecule has 0 saturated carbocycles. The van der Waals surface area contributed by atoms with Crippen molar-refractivity contribution < 1.29 is 36.2 Å². The number of aliphatic hydroxyl groups is 1. The topological polar surface area (TPSA) is 143 Å². The molecule has 1 amide bonds. The fourth-order valence-electron chi connectivity index (χ4n) is 4.58. The number of ether oxygens (including phenoxy) is 2. The second-order valence-corrected chi connectivity index (χ2v) is 15.6. The number of benzene rings is 1. The molecule has 1 aliphatic heterocycles. The van der Waals surface area contributed by atoms with Crippen LogP contribution in [0.2, 0.25) is 0 Å². The van der Waals surface area contributed by atoms with E-state index in [0.717, 1.165) is 30.4 Å². The van der Waals surface area contributed by atoms with Gasteiger partial charge in [-0.25, -0.2) is 16.8 Å². The molecular formula is C27H41N3O8S3. The summed E-state index contributed by atoms with van der Waals surface area (Å²) in [4.78, 5) is 15.5. The van der Waals surface area contributed by atoms with E-state index in [9.17, 15) is 26.7 Å². The normalized spacial score (nSPS) is 22.5. The largest absolute Gasteiger partial charge is 0.490 e. The number of likely N-dealkylation sites (N-methyl/N-ethyl adjacent to an activating group) is 1. The number of carbonyl (C=O) groups excluding carboxylic acids is 1. The zero-order valence-corrected chi connectivity index (χ0v) is 26.6. The summed E-state index contributed by atoms with van der Waals surface area (Å²) in [6, 6.07) is 7.21. The summed E-state index contributed by atoms with van der Waals surface area (Å²) in [5, 5.41) is 11.8. The van der Waals surface area contributed by atoms with Gasteiger partial charge in [-0.05, 0) is 62.8 Å². The zero-order chi connectivity index (χ0) is 30.4. The maximum absolute atomic E-state index is 14.0. The van der Waals surface area contributed by atoms with Gasteiger partial charge in [0.2, 0.25) is 10.0 Å². The van der Waals surface area contributed by atoms with Crippen molar-refractivity contribution in [2.24, 2.45) is 5.92 Å².